The molecule has 0 saturated heterocycles. The molecule has 1 N–H and O–H groups in total. The van der Waals surface area contributed by atoms with E-state index in [9.17, 15) is 18.0 Å². The van der Waals surface area contributed by atoms with Crippen LogP contribution in [0.25, 0.3) is 0 Å². The number of halogens is 3. The first-order valence-electron chi connectivity index (χ1n) is 7.41. The van der Waals surface area contributed by atoms with E-state index in [0.717, 1.165) is 17.2 Å². The molecule has 0 aromatic heterocycles. The summed E-state index contributed by atoms with van der Waals surface area (Å²) < 4.78 is 44.1. The second-order valence-corrected chi connectivity index (χ2v) is 5.36. The van der Waals surface area contributed by atoms with Crippen molar-refractivity contribution in [2.45, 2.75) is 19.5 Å². The lowest BCUT2D eigenvalue weighted by Gasteiger charge is -2.13. The van der Waals surface area contributed by atoms with E-state index in [1.165, 1.54) is 18.2 Å². The standard InChI is InChI=1S/C18H18F3NO2/c1-12-7-8-16(24-2)13(11-12)9-10-22-17(23)14-5-3-4-6-15(14)18(19,20)21/h3-8,11H,9-10H2,1-2H3,(H,22,23). The van der Waals surface area contributed by atoms with Crippen molar-refractivity contribution in [1.29, 1.82) is 0 Å². The van der Waals surface area contributed by atoms with Crippen LogP contribution in [0.2, 0.25) is 0 Å². The van der Waals surface area contributed by atoms with E-state index in [4.69, 9.17) is 4.74 Å². The van der Waals surface area contributed by atoms with Crippen molar-refractivity contribution < 1.29 is 22.7 Å². The third-order valence-corrected chi connectivity index (χ3v) is 3.59. The van der Waals surface area contributed by atoms with Crippen LogP contribution in [0, 0.1) is 6.92 Å². The second-order valence-electron chi connectivity index (χ2n) is 5.36. The highest BCUT2D eigenvalue weighted by molar-refractivity contribution is 5.95. The molecule has 0 atom stereocenters. The number of hydrogen-bond acceptors (Lipinski definition) is 2. The Kier molecular flexibility index (Phi) is 5.49. The third kappa shape index (κ3) is 4.28. The first-order valence-corrected chi connectivity index (χ1v) is 7.41. The van der Waals surface area contributed by atoms with Gasteiger partial charge in [0.05, 0.1) is 18.2 Å². The summed E-state index contributed by atoms with van der Waals surface area (Å²) in [7, 11) is 1.55. The molecule has 0 heterocycles. The number of carbonyl (C=O) groups excluding carboxylic acids is 1. The van der Waals surface area contributed by atoms with Crippen LogP contribution in [-0.4, -0.2) is 19.6 Å². The predicted octanol–water partition coefficient (Wildman–Crippen LogP) is 3.99. The van der Waals surface area contributed by atoms with Crippen LogP contribution in [0.4, 0.5) is 13.2 Å². The van der Waals surface area contributed by atoms with Gasteiger partial charge in [-0.1, -0.05) is 29.8 Å². The lowest BCUT2D eigenvalue weighted by Crippen LogP contribution is -2.28. The normalized spacial score (nSPS) is 11.2. The topological polar surface area (TPSA) is 38.3 Å². The first-order chi connectivity index (χ1) is 11.3. The maximum Gasteiger partial charge on any atom is 0.417 e. The van der Waals surface area contributed by atoms with E-state index < -0.39 is 17.6 Å². The van der Waals surface area contributed by atoms with Crippen LogP contribution in [0.3, 0.4) is 0 Å². The summed E-state index contributed by atoms with van der Waals surface area (Å²) in [5.74, 6) is -0.0555. The highest BCUT2D eigenvalue weighted by Gasteiger charge is 2.34. The summed E-state index contributed by atoms with van der Waals surface area (Å²) in [5, 5.41) is 2.54. The van der Waals surface area contributed by atoms with Gasteiger partial charge in [0.2, 0.25) is 0 Å². The number of nitrogens with one attached hydrogen (secondary N) is 1. The van der Waals surface area contributed by atoms with E-state index in [1.54, 1.807) is 7.11 Å². The number of aryl methyl sites for hydroxylation is 1. The average molecular weight is 337 g/mol. The van der Waals surface area contributed by atoms with Crippen molar-refractivity contribution >= 4 is 5.91 Å². The maximum atomic E-state index is 12.9. The van der Waals surface area contributed by atoms with E-state index in [1.807, 2.05) is 25.1 Å². The number of rotatable bonds is 5. The summed E-state index contributed by atoms with van der Waals surface area (Å²) >= 11 is 0. The van der Waals surface area contributed by atoms with Crippen LogP contribution in [-0.2, 0) is 12.6 Å². The van der Waals surface area contributed by atoms with E-state index >= 15 is 0 Å². The fourth-order valence-corrected chi connectivity index (χ4v) is 2.44. The largest absolute Gasteiger partial charge is 0.496 e. The molecule has 24 heavy (non-hydrogen) atoms. The van der Waals surface area contributed by atoms with Crippen molar-refractivity contribution in [2.75, 3.05) is 13.7 Å². The number of ether oxygens (including phenoxy) is 1. The molecule has 0 spiro atoms. The summed E-state index contributed by atoms with van der Waals surface area (Å²) in [5.41, 5.74) is 0.623. The average Bonchev–Trinajstić information content (AvgIpc) is 2.54. The zero-order valence-corrected chi connectivity index (χ0v) is 13.4. The lowest BCUT2D eigenvalue weighted by molar-refractivity contribution is -0.137. The van der Waals surface area contributed by atoms with E-state index in [2.05, 4.69) is 5.32 Å². The first kappa shape index (κ1) is 17.8. The minimum Gasteiger partial charge on any atom is -0.496 e. The molecule has 2 aromatic rings. The summed E-state index contributed by atoms with van der Waals surface area (Å²) in [4.78, 5) is 12.1. The van der Waals surface area contributed by atoms with Crippen LogP contribution < -0.4 is 10.1 Å². The highest BCUT2D eigenvalue weighted by Crippen LogP contribution is 2.31. The maximum absolute atomic E-state index is 12.9. The Morgan fingerprint density at radius 3 is 2.54 bits per heavy atom. The molecular formula is C18H18F3NO2. The van der Waals surface area contributed by atoms with Crippen molar-refractivity contribution in [1.82, 2.24) is 5.32 Å². The lowest BCUT2D eigenvalue weighted by atomic mass is 10.1. The van der Waals surface area contributed by atoms with Gasteiger partial charge < -0.3 is 10.1 Å². The van der Waals surface area contributed by atoms with Crippen molar-refractivity contribution in [3.63, 3.8) is 0 Å². The fraction of sp³-hybridized carbons (Fsp3) is 0.278. The zero-order chi connectivity index (χ0) is 17.7. The summed E-state index contributed by atoms with van der Waals surface area (Å²) in [6.45, 7) is 2.14. The molecule has 1 amide bonds. The van der Waals surface area contributed by atoms with E-state index in [-0.39, 0.29) is 12.1 Å². The molecule has 3 nitrogen and oxygen atoms in total. The monoisotopic (exact) mass is 337 g/mol. The van der Waals surface area contributed by atoms with Gasteiger partial charge in [-0.2, -0.15) is 13.2 Å². The molecule has 0 radical (unpaired) electrons. The fourth-order valence-electron chi connectivity index (χ4n) is 2.44. The number of hydrogen-bond donors (Lipinski definition) is 1. The van der Waals surface area contributed by atoms with Crippen molar-refractivity contribution in [3.05, 3.63) is 64.7 Å². The quantitative estimate of drug-likeness (QED) is 0.896. The zero-order valence-electron chi connectivity index (χ0n) is 13.4. The molecule has 0 bridgehead atoms. The van der Waals surface area contributed by atoms with Gasteiger partial charge >= 0.3 is 6.18 Å². The molecule has 128 valence electrons. The smallest absolute Gasteiger partial charge is 0.417 e. The van der Waals surface area contributed by atoms with Gasteiger partial charge in [0.25, 0.3) is 5.91 Å². The van der Waals surface area contributed by atoms with Gasteiger partial charge in [0, 0.05) is 6.54 Å². The van der Waals surface area contributed by atoms with Gasteiger partial charge in [0.1, 0.15) is 5.75 Å². The Morgan fingerprint density at radius 2 is 1.88 bits per heavy atom. The summed E-state index contributed by atoms with van der Waals surface area (Å²) in [6.07, 6.45) is -4.10. The van der Waals surface area contributed by atoms with Crippen LogP contribution in [0.5, 0.6) is 5.75 Å². The van der Waals surface area contributed by atoms with Gasteiger partial charge in [-0.15, -0.1) is 0 Å². The Morgan fingerprint density at radius 1 is 1.17 bits per heavy atom. The molecule has 0 aliphatic rings. The number of benzene rings is 2. The molecular weight excluding hydrogens is 319 g/mol. The third-order valence-electron chi connectivity index (χ3n) is 3.59. The second kappa shape index (κ2) is 7.38. The molecule has 2 aromatic carbocycles. The molecule has 0 saturated carbocycles. The van der Waals surface area contributed by atoms with Crippen molar-refractivity contribution in [2.24, 2.45) is 0 Å². The highest BCUT2D eigenvalue weighted by atomic mass is 19.4. The van der Waals surface area contributed by atoms with Crippen LogP contribution in [0.15, 0.2) is 42.5 Å². The van der Waals surface area contributed by atoms with Gasteiger partial charge in [-0.25, -0.2) is 0 Å². The molecule has 0 unspecified atom stereocenters. The van der Waals surface area contributed by atoms with Gasteiger partial charge in [0.15, 0.2) is 0 Å². The summed E-state index contributed by atoms with van der Waals surface area (Å²) in [6, 6.07) is 10.4. The van der Waals surface area contributed by atoms with Gasteiger partial charge in [-0.3, -0.25) is 4.79 Å². The van der Waals surface area contributed by atoms with Crippen LogP contribution in [0.1, 0.15) is 27.0 Å². The number of methoxy groups -OCH3 is 1. The Balaban J connectivity index is 2.06. The van der Waals surface area contributed by atoms with E-state index in [0.29, 0.717) is 12.2 Å². The molecule has 0 fully saturated rings. The minimum absolute atomic E-state index is 0.213. The molecule has 0 aliphatic carbocycles. The van der Waals surface area contributed by atoms with Crippen LogP contribution >= 0.6 is 0 Å². The predicted molar refractivity (Wildman–Crippen MR) is 85.2 cm³/mol. The Labute approximate surface area is 138 Å². The SMILES string of the molecule is COc1ccc(C)cc1CCNC(=O)c1ccccc1C(F)(F)F. The number of alkyl halides is 3. The molecule has 0 aliphatic heterocycles. The number of amides is 1. The Bertz CT molecular complexity index is 726. The minimum atomic E-state index is -4.56. The molecule has 6 heteroatoms. The Hall–Kier alpha value is -2.50. The van der Waals surface area contributed by atoms with Gasteiger partial charge in [-0.05, 0) is 37.1 Å². The molecule has 2 rings (SSSR count). The number of carbonyl (C=O) groups is 1. The van der Waals surface area contributed by atoms with Crippen molar-refractivity contribution in [3.8, 4) is 5.75 Å².